The summed E-state index contributed by atoms with van der Waals surface area (Å²) in [6.07, 6.45) is 5.14. The van der Waals surface area contributed by atoms with Crippen LogP contribution in [0.3, 0.4) is 0 Å². The van der Waals surface area contributed by atoms with Gasteiger partial charge < -0.3 is 10.1 Å². The minimum absolute atomic E-state index is 0.224. The fraction of sp³-hybridized carbons (Fsp3) is 0.0870. The van der Waals surface area contributed by atoms with Gasteiger partial charge in [-0.15, -0.1) is 0 Å². The van der Waals surface area contributed by atoms with Crippen LogP contribution < -0.4 is 10.1 Å². The molecular formula is C23H19BrN4O2. The van der Waals surface area contributed by atoms with E-state index < -0.39 is 0 Å². The Labute approximate surface area is 182 Å². The number of hydrogen-bond acceptors (Lipinski definition) is 4. The molecule has 2 aromatic carbocycles. The van der Waals surface area contributed by atoms with E-state index in [1.54, 1.807) is 47.5 Å². The highest BCUT2D eigenvalue weighted by Crippen LogP contribution is 2.18. The van der Waals surface area contributed by atoms with E-state index in [1.165, 1.54) is 0 Å². The number of nitrogens with zero attached hydrogens (tertiary/aromatic N) is 3. The average Bonchev–Trinajstić information content (AvgIpc) is 3.19. The van der Waals surface area contributed by atoms with Gasteiger partial charge in [0.1, 0.15) is 18.2 Å². The van der Waals surface area contributed by atoms with Crippen LogP contribution in [-0.2, 0) is 13.2 Å². The number of carbonyl (C=O) groups is 1. The van der Waals surface area contributed by atoms with Gasteiger partial charge in [0.2, 0.25) is 0 Å². The molecule has 6 nitrogen and oxygen atoms in total. The van der Waals surface area contributed by atoms with Crippen LogP contribution >= 0.6 is 15.9 Å². The number of amides is 1. The summed E-state index contributed by atoms with van der Waals surface area (Å²) in [6, 6.07) is 20.7. The lowest BCUT2D eigenvalue weighted by Crippen LogP contribution is -2.16. The summed E-state index contributed by atoms with van der Waals surface area (Å²) in [5, 5.41) is 7.25. The summed E-state index contributed by atoms with van der Waals surface area (Å²) >= 11 is 3.48. The van der Waals surface area contributed by atoms with Crippen LogP contribution in [0.4, 0.5) is 5.82 Å². The molecule has 0 aliphatic carbocycles. The van der Waals surface area contributed by atoms with Crippen LogP contribution in [0.2, 0.25) is 0 Å². The van der Waals surface area contributed by atoms with Crippen molar-refractivity contribution in [3.8, 4) is 5.75 Å². The van der Waals surface area contributed by atoms with Crippen LogP contribution in [0, 0.1) is 0 Å². The smallest absolute Gasteiger partial charge is 0.256 e. The second kappa shape index (κ2) is 9.37. The molecule has 0 aliphatic rings. The number of halogens is 1. The predicted octanol–water partition coefficient (Wildman–Crippen LogP) is 4.92. The molecule has 0 radical (unpaired) electrons. The lowest BCUT2D eigenvalue weighted by molar-refractivity contribution is 0.102. The molecule has 0 atom stereocenters. The maximum atomic E-state index is 12.8. The molecule has 0 fully saturated rings. The molecule has 7 heteroatoms. The number of hydrogen-bond donors (Lipinski definition) is 1. The average molecular weight is 463 g/mol. The van der Waals surface area contributed by atoms with Crippen LogP contribution in [0.5, 0.6) is 5.75 Å². The SMILES string of the molecule is O=C(Nc1ccnn1Cc1cccc(Br)c1)c1cccc(OCc2cccnc2)c1. The number of ether oxygens (including phenoxy) is 1. The second-order valence-electron chi connectivity index (χ2n) is 6.64. The normalized spacial score (nSPS) is 10.6. The Balaban J connectivity index is 1.43. The van der Waals surface area contributed by atoms with Gasteiger partial charge in [0.05, 0.1) is 12.7 Å². The first-order valence-electron chi connectivity index (χ1n) is 9.37. The van der Waals surface area contributed by atoms with E-state index in [4.69, 9.17) is 4.74 Å². The lowest BCUT2D eigenvalue weighted by Gasteiger charge is -2.11. The standard InChI is InChI=1S/C23H19BrN4O2/c24-20-7-1-4-17(12-20)15-28-22(9-11-26-28)27-23(29)19-6-2-8-21(13-19)30-16-18-5-3-10-25-14-18/h1-14H,15-16H2,(H,27,29). The minimum atomic E-state index is -0.224. The third kappa shape index (κ3) is 5.12. The van der Waals surface area contributed by atoms with Crippen LogP contribution in [0.1, 0.15) is 21.5 Å². The van der Waals surface area contributed by atoms with Crippen molar-refractivity contribution in [1.82, 2.24) is 14.8 Å². The largest absolute Gasteiger partial charge is 0.489 e. The zero-order valence-corrected chi connectivity index (χ0v) is 17.6. The van der Waals surface area contributed by atoms with Crippen LogP contribution in [0.15, 0.2) is 89.8 Å². The molecule has 0 saturated heterocycles. The molecule has 150 valence electrons. The van der Waals surface area contributed by atoms with Crippen LogP contribution in [0.25, 0.3) is 0 Å². The third-order valence-corrected chi connectivity index (χ3v) is 4.90. The molecular weight excluding hydrogens is 444 g/mol. The van der Waals surface area contributed by atoms with E-state index in [9.17, 15) is 4.79 Å². The van der Waals surface area contributed by atoms with E-state index in [2.05, 4.69) is 31.3 Å². The topological polar surface area (TPSA) is 69.0 Å². The summed E-state index contributed by atoms with van der Waals surface area (Å²) in [5.41, 5.74) is 2.55. The molecule has 4 aromatic rings. The first-order chi connectivity index (χ1) is 14.7. The Morgan fingerprint density at radius 3 is 2.70 bits per heavy atom. The summed E-state index contributed by atoms with van der Waals surface area (Å²) in [6.45, 7) is 0.939. The van der Waals surface area contributed by atoms with Gasteiger partial charge in [-0.05, 0) is 42.0 Å². The number of pyridine rings is 1. The van der Waals surface area contributed by atoms with Gasteiger partial charge in [0, 0.05) is 34.1 Å². The molecule has 0 saturated carbocycles. The maximum absolute atomic E-state index is 12.8. The van der Waals surface area contributed by atoms with Gasteiger partial charge in [-0.3, -0.25) is 9.78 Å². The number of rotatable bonds is 7. The Hall–Kier alpha value is -3.45. The highest BCUT2D eigenvalue weighted by molar-refractivity contribution is 9.10. The van der Waals surface area contributed by atoms with Crippen LogP contribution in [-0.4, -0.2) is 20.7 Å². The number of nitrogens with one attached hydrogen (secondary N) is 1. The Kier molecular flexibility index (Phi) is 6.20. The van der Waals surface area contributed by atoms with Crippen molar-refractivity contribution >= 4 is 27.7 Å². The number of carbonyl (C=O) groups excluding carboxylic acids is 1. The van der Waals surface area contributed by atoms with Gasteiger partial charge in [-0.25, -0.2) is 4.68 Å². The van der Waals surface area contributed by atoms with E-state index >= 15 is 0 Å². The quantitative estimate of drug-likeness (QED) is 0.423. The molecule has 0 bridgehead atoms. The zero-order chi connectivity index (χ0) is 20.8. The Morgan fingerprint density at radius 2 is 1.87 bits per heavy atom. The second-order valence-corrected chi connectivity index (χ2v) is 7.55. The van der Waals surface area contributed by atoms with Crippen molar-refractivity contribution < 1.29 is 9.53 Å². The molecule has 0 unspecified atom stereocenters. The Morgan fingerprint density at radius 1 is 1.00 bits per heavy atom. The van der Waals surface area contributed by atoms with Crippen molar-refractivity contribution in [2.45, 2.75) is 13.2 Å². The molecule has 4 rings (SSSR count). The predicted molar refractivity (Wildman–Crippen MR) is 118 cm³/mol. The van der Waals surface area contributed by atoms with Gasteiger partial charge in [0.15, 0.2) is 0 Å². The van der Waals surface area contributed by atoms with E-state index in [0.717, 1.165) is 15.6 Å². The van der Waals surface area contributed by atoms with Crippen molar-refractivity contribution in [3.63, 3.8) is 0 Å². The molecule has 30 heavy (non-hydrogen) atoms. The van der Waals surface area contributed by atoms with Gasteiger partial charge in [0.25, 0.3) is 5.91 Å². The van der Waals surface area contributed by atoms with Crippen molar-refractivity contribution in [2.75, 3.05) is 5.32 Å². The van der Waals surface area contributed by atoms with Gasteiger partial charge in [-0.1, -0.05) is 40.2 Å². The molecule has 1 N–H and O–H groups in total. The lowest BCUT2D eigenvalue weighted by atomic mass is 10.2. The van der Waals surface area contributed by atoms with E-state index in [0.29, 0.717) is 30.3 Å². The number of anilines is 1. The minimum Gasteiger partial charge on any atom is -0.489 e. The number of benzene rings is 2. The van der Waals surface area contributed by atoms with Crippen molar-refractivity contribution in [3.05, 3.63) is 106 Å². The monoisotopic (exact) mass is 462 g/mol. The van der Waals surface area contributed by atoms with Crippen molar-refractivity contribution in [2.24, 2.45) is 0 Å². The van der Waals surface area contributed by atoms with Gasteiger partial charge in [-0.2, -0.15) is 5.10 Å². The molecule has 2 heterocycles. The molecule has 2 aromatic heterocycles. The molecule has 0 spiro atoms. The highest BCUT2D eigenvalue weighted by Gasteiger charge is 2.11. The maximum Gasteiger partial charge on any atom is 0.256 e. The van der Waals surface area contributed by atoms with Crippen molar-refractivity contribution in [1.29, 1.82) is 0 Å². The fourth-order valence-electron chi connectivity index (χ4n) is 2.94. The van der Waals surface area contributed by atoms with E-state index in [-0.39, 0.29) is 5.91 Å². The fourth-order valence-corrected chi connectivity index (χ4v) is 3.39. The zero-order valence-electron chi connectivity index (χ0n) is 16.0. The summed E-state index contributed by atoms with van der Waals surface area (Å²) in [5.74, 6) is 1.02. The summed E-state index contributed by atoms with van der Waals surface area (Å²) in [7, 11) is 0. The highest BCUT2D eigenvalue weighted by atomic mass is 79.9. The summed E-state index contributed by atoms with van der Waals surface area (Å²) in [4.78, 5) is 16.8. The Bertz CT molecular complexity index is 1140. The summed E-state index contributed by atoms with van der Waals surface area (Å²) < 4.78 is 8.54. The third-order valence-electron chi connectivity index (χ3n) is 4.40. The number of aromatic nitrogens is 3. The molecule has 1 amide bonds. The van der Waals surface area contributed by atoms with E-state index in [1.807, 2.05) is 42.5 Å². The first-order valence-corrected chi connectivity index (χ1v) is 10.2. The van der Waals surface area contributed by atoms with Gasteiger partial charge >= 0.3 is 0 Å². The molecule has 0 aliphatic heterocycles. The first kappa shape index (κ1) is 19.8.